The largest absolute Gasteiger partial charge is 0.490 e. The highest BCUT2D eigenvalue weighted by Crippen LogP contribution is 2.32. The van der Waals surface area contributed by atoms with Crippen molar-refractivity contribution < 1.29 is 28.2 Å². The molecule has 2 aliphatic heterocycles. The molecule has 2 aromatic carbocycles. The summed E-state index contributed by atoms with van der Waals surface area (Å²) in [6.45, 7) is 2.67. The van der Waals surface area contributed by atoms with Crippen molar-refractivity contribution in [1.82, 2.24) is 10.2 Å². The van der Waals surface area contributed by atoms with Crippen molar-refractivity contribution in [2.24, 2.45) is 0 Å². The Bertz CT molecular complexity index is 1110. The number of nitrogens with zero attached hydrogens (tertiary/aromatic N) is 1. The van der Waals surface area contributed by atoms with E-state index in [1.807, 2.05) is 6.92 Å². The lowest BCUT2D eigenvalue weighted by molar-refractivity contribution is -0.133. The first-order chi connectivity index (χ1) is 16.8. The van der Waals surface area contributed by atoms with Gasteiger partial charge in [-0.3, -0.25) is 9.59 Å². The number of rotatable bonds is 5. The summed E-state index contributed by atoms with van der Waals surface area (Å²) in [5.41, 5.74) is 1.02. The van der Waals surface area contributed by atoms with Crippen LogP contribution in [0.2, 0.25) is 0 Å². The van der Waals surface area contributed by atoms with E-state index in [0.29, 0.717) is 42.1 Å². The van der Waals surface area contributed by atoms with Crippen molar-refractivity contribution >= 4 is 29.2 Å². The summed E-state index contributed by atoms with van der Waals surface area (Å²) in [6, 6.07) is 9.58. The van der Waals surface area contributed by atoms with Crippen molar-refractivity contribution in [1.29, 1.82) is 0 Å². The molecule has 0 radical (unpaired) electrons. The first-order valence-corrected chi connectivity index (χ1v) is 11.6. The molecule has 3 N–H and O–H groups in total. The zero-order chi connectivity index (χ0) is 24.9. The lowest BCUT2D eigenvalue weighted by Gasteiger charge is -2.42. The number of carbonyl (C=O) groups is 3. The first-order valence-electron chi connectivity index (χ1n) is 11.6. The van der Waals surface area contributed by atoms with Crippen molar-refractivity contribution in [3.63, 3.8) is 0 Å². The summed E-state index contributed by atoms with van der Waals surface area (Å²) in [4.78, 5) is 39.3. The van der Waals surface area contributed by atoms with Gasteiger partial charge in [0.1, 0.15) is 24.3 Å². The predicted octanol–water partition coefficient (Wildman–Crippen LogP) is 3.38. The molecule has 0 spiro atoms. The van der Waals surface area contributed by atoms with E-state index in [2.05, 4.69) is 16.0 Å². The Hall–Kier alpha value is -3.66. The van der Waals surface area contributed by atoms with Crippen LogP contribution in [-0.2, 0) is 9.53 Å². The van der Waals surface area contributed by atoms with E-state index < -0.39 is 11.8 Å². The minimum atomic E-state index is -0.568. The molecule has 0 aromatic heterocycles. The molecule has 1 saturated heterocycles. The fourth-order valence-corrected chi connectivity index (χ4v) is 4.44. The lowest BCUT2D eigenvalue weighted by atomic mass is 9.94. The molecular weight excluding hydrogens is 455 g/mol. The van der Waals surface area contributed by atoms with Gasteiger partial charge in [-0.1, -0.05) is 6.07 Å². The second-order valence-electron chi connectivity index (χ2n) is 8.63. The second kappa shape index (κ2) is 10.7. The van der Waals surface area contributed by atoms with E-state index in [-0.39, 0.29) is 43.1 Å². The van der Waals surface area contributed by atoms with Crippen LogP contribution in [0.5, 0.6) is 5.75 Å². The molecule has 2 aliphatic rings. The van der Waals surface area contributed by atoms with Crippen LogP contribution in [0.4, 0.5) is 20.6 Å². The van der Waals surface area contributed by atoms with Crippen LogP contribution in [0.15, 0.2) is 42.5 Å². The molecular formula is C25H29FN4O5. The highest BCUT2D eigenvalue weighted by molar-refractivity contribution is 6.02. The molecule has 10 heteroatoms. The van der Waals surface area contributed by atoms with Crippen LogP contribution >= 0.6 is 0 Å². The molecule has 3 atom stereocenters. The summed E-state index contributed by atoms with van der Waals surface area (Å²) in [5.74, 6) is -0.394. The highest BCUT2D eigenvalue weighted by atomic mass is 19.1. The SMILES string of the molecule is CCNC(=O)C[C@@H]1CC[C@H]2[C@H](COc3ccc(NC(=O)Nc4cccc(F)c4)cc3C(=O)N2C)O1. The van der Waals surface area contributed by atoms with Gasteiger partial charge in [-0.15, -0.1) is 0 Å². The van der Waals surface area contributed by atoms with E-state index in [4.69, 9.17) is 9.47 Å². The van der Waals surface area contributed by atoms with Gasteiger partial charge in [-0.25, -0.2) is 9.18 Å². The van der Waals surface area contributed by atoms with Crippen molar-refractivity contribution in [2.75, 3.05) is 30.8 Å². The molecule has 1 fully saturated rings. The smallest absolute Gasteiger partial charge is 0.323 e. The molecule has 0 saturated carbocycles. The summed E-state index contributed by atoms with van der Waals surface area (Å²) in [7, 11) is 1.72. The Morgan fingerprint density at radius 1 is 1.11 bits per heavy atom. The molecule has 4 amide bonds. The molecule has 35 heavy (non-hydrogen) atoms. The number of carbonyl (C=O) groups excluding carboxylic acids is 3. The molecule has 0 aliphatic carbocycles. The van der Waals surface area contributed by atoms with Crippen LogP contribution in [0.25, 0.3) is 0 Å². The molecule has 2 aromatic rings. The highest BCUT2D eigenvalue weighted by Gasteiger charge is 2.39. The summed E-state index contributed by atoms with van der Waals surface area (Å²) >= 11 is 0. The normalized spacial score (nSPS) is 21.5. The van der Waals surface area contributed by atoms with Gasteiger partial charge in [0.05, 0.1) is 24.1 Å². The minimum absolute atomic E-state index is 0.0565. The van der Waals surface area contributed by atoms with Gasteiger partial charge < -0.3 is 30.3 Å². The van der Waals surface area contributed by atoms with E-state index in [9.17, 15) is 18.8 Å². The fraction of sp³-hybridized carbons (Fsp3) is 0.400. The van der Waals surface area contributed by atoms with Gasteiger partial charge in [-0.05, 0) is 56.2 Å². The monoisotopic (exact) mass is 484 g/mol. The van der Waals surface area contributed by atoms with Gasteiger partial charge in [0, 0.05) is 25.0 Å². The van der Waals surface area contributed by atoms with Crippen LogP contribution in [0, 0.1) is 5.82 Å². The van der Waals surface area contributed by atoms with Crippen molar-refractivity contribution in [3.05, 3.63) is 53.8 Å². The second-order valence-corrected chi connectivity index (χ2v) is 8.63. The molecule has 2 heterocycles. The number of amides is 4. The average molecular weight is 485 g/mol. The topological polar surface area (TPSA) is 109 Å². The molecule has 0 unspecified atom stereocenters. The van der Waals surface area contributed by atoms with E-state index in [1.165, 1.54) is 18.2 Å². The Morgan fingerprint density at radius 2 is 1.89 bits per heavy atom. The van der Waals surface area contributed by atoms with Gasteiger partial charge in [0.2, 0.25) is 5.91 Å². The third kappa shape index (κ3) is 5.89. The zero-order valence-electron chi connectivity index (χ0n) is 19.7. The van der Waals surface area contributed by atoms with E-state index in [0.717, 1.165) is 0 Å². The maximum absolute atomic E-state index is 13.4. The number of benzene rings is 2. The Morgan fingerprint density at radius 3 is 2.63 bits per heavy atom. The van der Waals surface area contributed by atoms with Gasteiger partial charge in [0.25, 0.3) is 5.91 Å². The van der Waals surface area contributed by atoms with Gasteiger partial charge in [-0.2, -0.15) is 0 Å². The number of urea groups is 1. The van der Waals surface area contributed by atoms with Crippen LogP contribution < -0.4 is 20.7 Å². The number of likely N-dealkylation sites (N-methyl/N-ethyl adjacent to an activating group) is 1. The number of fused-ring (bicyclic) bond motifs is 2. The maximum atomic E-state index is 13.4. The Labute approximate surface area is 203 Å². The van der Waals surface area contributed by atoms with Gasteiger partial charge >= 0.3 is 6.03 Å². The number of nitrogens with one attached hydrogen (secondary N) is 3. The number of anilines is 2. The average Bonchev–Trinajstić information content (AvgIpc) is 2.82. The quantitative estimate of drug-likeness (QED) is 0.603. The van der Waals surface area contributed by atoms with Crippen molar-refractivity contribution in [2.45, 2.75) is 44.4 Å². The third-order valence-electron chi connectivity index (χ3n) is 6.14. The number of ether oxygens (including phenoxy) is 2. The first kappa shape index (κ1) is 24.5. The Kier molecular flexibility index (Phi) is 7.50. The number of halogens is 1. The summed E-state index contributed by atoms with van der Waals surface area (Å²) in [6.07, 6.45) is 1.03. The lowest BCUT2D eigenvalue weighted by Crippen LogP contribution is -2.54. The van der Waals surface area contributed by atoms with Crippen LogP contribution in [0.3, 0.4) is 0 Å². The van der Waals surface area contributed by atoms with E-state index in [1.54, 1.807) is 36.2 Å². The maximum Gasteiger partial charge on any atom is 0.323 e. The third-order valence-corrected chi connectivity index (χ3v) is 6.14. The summed E-state index contributed by atoms with van der Waals surface area (Å²) < 4.78 is 25.4. The molecule has 9 nitrogen and oxygen atoms in total. The summed E-state index contributed by atoms with van der Waals surface area (Å²) in [5, 5.41) is 8.00. The number of hydrogen-bond acceptors (Lipinski definition) is 5. The molecule has 0 bridgehead atoms. The predicted molar refractivity (Wildman–Crippen MR) is 128 cm³/mol. The molecule has 4 rings (SSSR count). The van der Waals surface area contributed by atoms with E-state index >= 15 is 0 Å². The standard InChI is InChI=1S/C25H29FN4O5/c1-3-27-23(31)13-18-8-9-20-22(35-18)14-34-21-10-7-17(12-19(21)24(32)30(20)2)29-25(33)28-16-6-4-5-15(26)11-16/h4-7,10-12,18,20,22H,3,8-9,13-14H2,1-2H3,(H,27,31)(H2,28,29,33)/t18-,20-,22-/m0/s1. The minimum Gasteiger partial charge on any atom is -0.490 e. The van der Waals surface area contributed by atoms with Crippen molar-refractivity contribution in [3.8, 4) is 5.75 Å². The van der Waals surface area contributed by atoms with Crippen LogP contribution in [0.1, 0.15) is 36.5 Å². The number of hydrogen-bond donors (Lipinski definition) is 3. The zero-order valence-corrected chi connectivity index (χ0v) is 19.7. The van der Waals surface area contributed by atoms with Gasteiger partial charge in [0.15, 0.2) is 0 Å². The molecule has 186 valence electrons. The Balaban J connectivity index is 1.45. The van der Waals surface area contributed by atoms with Crippen LogP contribution in [-0.4, -0.2) is 61.2 Å². The fourth-order valence-electron chi connectivity index (χ4n) is 4.44.